The number of benzene rings is 1. The lowest BCUT2D eigenvalue weighted by atomic mass is 10.0. The van der Waals surface area contributed by atoms with Crippen LogP contribution in [0.2, 0.25) is 0 Å². The van der Waals surface area contributed by atoms with Gasteiger partial charge in [-0.05, 0) is 35.2 Å². The van der Waals surface area contributed by atoms with E-state index in [1.807, 2.05) is 18.5 Å². The molecule has 0 bridgehead atoms. The van der Waals surface area contributed by atoms with Gasteiger partial charge in [0.2, 0.25) is 0 Å². The molecule has 4 rings (SSSR count). The highest BCUT2D eigenvalue weighted by Gasteiger charge is 2.11. The lowest BCUT2D eigenvalue weighted by molar-refractivity contribution is 0.233. The van der Waals surface area contributed by atoms with Crippen LogP contribution >= 0.6 is 0 Å². The summed E-state index contributed by atoms with van der Waals surface area (Å²) in [6.45, 7) is 12.3. The van der Waals surface area contributed by atoms with Crippen LogP contribution in [0.25, 0.3) is 11.1 Å². The van der Waals surface area contributed by atoms with Crippen LogP contribution in [-0.4, -0.2) is 62.2 Å². The third-order valence-corrected chi connectivity index (χ3v) is 4.90. The van der Waals surface area contributed by atoms with Crippen LogP contribution in [0.3, 0.4) is 0 Å². The highest BCUT2D eigenvalue weighted by Crippen LogP contribution is 2.22. The molecule has 5 heteroatoms. The molecule has 2 saturated heterocycles. The Morgan fingerprint density at radius 2 is 1.58 bits per heavy atom. The average Bonchev–Trinajstić information content (AvgIpc) is 2.73. The first kappa shape index (κ1) is 19.0. The van der Waals surface area contributed by atoms with Crippen LogP contribution in [0.15, 0.2) is 42.7 Å². The van der Waals surface area contributed by atoms with E-state index in [4.69, 9.17) is 0 Å². The first-order chi connectivity index (χ1) is 12.8. The summed E-state index contributed by atoms with van der Waals surface area (Å²) < 4.78 is 0. The van der Waals surface area contributed by atoms with E-state index < -0.39 is 0 Å². The van der Waals surface area contributed by atoms with Gasteiger partial charge in [0.15, 0.2) is 0 Å². The minimum atomic E-state index is 1.06. The van der Waals surface area contributed by atoms with Crippen molar-refractivity contribution in [2.24, 2.45) is 0 Å². The topological polar surface area (TPSA) is 52.2 Å². The maximum Gasteiger partial charge on any atom is 0.0346 e. The van der Waals surface area contributed by atoms with E-state index in [9.17, 15) is 0 Å². The zero-order chi connectivity index (χ0) is 18.0. The van der Waals surface area contributed by atoms with Crippen LogP contribution in [0.5, 0.6) is 0 Å². The predicted octanol–water partition coefficient (Wildman–Crippen LogP) is 1.64. The fraction of sp³-hybridized carbons (Fsp3) is 0.476. The summed E-state index contributed by atoms with van der Waals surface area (Å²) in [6, 6.07) is 10.8. The van der Waals surface area contributed by atoms with Crippen molar-refractivity contribution in [1.82, 2.24) is 25.8 Å². The molecule has 2 aliphatic heterocycles. The number of aromatic nitrogens is 1. The van der Waals surface area contributed by atoms with Gasteiger partial charge in [0.25, 0.3) is 0 Å². The highest BCUT2D eigenvalue weighted by molar-refractivity contribution is 5.63. The van der Waals surface area contributed by atoms with Crippen molar-refractivity contribution in [2.75, 3.05) is 52.4 Å². The molecule has 3 N–H and O–H groups in total. The van der Waals surface area contributed by atoms with Crippen LogP contribution in [-0.2, 0) is 6.54 Å². The molecule has 1 aromatic heterocycles. The second-order valence-corrected chi connectivity index (χ2v) is 6.91. The fourth-order valence-electron chi connectivity index (χ4n) is 3.30. The van der Waals surface area contributed by atoms with Gasteiger partial charge in [0.1, 0.15) is 0 Å². The van der Waals surface area contributed by atoms with Gasteiger partial charge >= 0.3 is 0 Å². The number of hydrogen-bond acceptors (Lipinski definition) is 5. The molecule has 26 heavy (non-hydrogen) atoms. The Morgan fingerprint density at radius 1 is 0.885 bits per heavy atom. The highest BCUT2D eigenvalue weighted by atomic mass is 15.2. The normalized spacial score (nSPS) is 18.0. The van der Waals surface area contributed by atoms with E-state index in [0.29, 0.717) is 0 Å². The summed E-state index contributed by atoms with van der Waals surface area (Å²) >= 11 is 0. The third kappa shape index (κ3) is 5.88. The summed E-state index contributed by atoms with van der Waals surface area (Å²) in [4.78, 5) is 6.71. The molecule has 2 aromatic rings. The molecule has 0 unspecified atom stereocenters. The molecule has 0 radical (unpaired) electrons. The Kier molecular flexibility index (Phi) is 7.58. The number of piperazine rings is 2. The quantitative estimate of drug-likeness (QED) is 0.783. The Bertz CT molecular complexity index is 637. The van der Waals surface area contributed by atoms with E-state index >= 15 is 0 Å². The molecule has 3 heterocycles. The van der Waals surface area contributed by atoms with Crippen LogP contribution in [0, 0.1) is 6.92 Å². The SMILES string of the molecule is C1CNCCN1.Cc1cc(-c2cccnc2)ccc1CN1CCNCC1. The van der Waals surface area contributed by atoms with Crippen molar-refractivity contribution in [3.05, 3.63) is 53.9 Å². The summed E-state index contributed by atoms with van der Waals surface area (Å²) in [5.74, 6) is 0. The monoisotopic (exact) mass is 353 g/mol. The van der Waals surface area contributed by atoms with Crippen molar-refractivity contribution in [2.45, 2.75) is 13.5 Å². The first-order valence-electron chi connectivity index (χ1n) is 9.67. The van der Waals surface area contributed by atoms with Gasteiger partial charge in [-0.1, -0.05) is 24.3 Å². The number of pyridine rings is 1. The second-order valence-electron chi connectivity index (χ2n) is 6.91. The zero-order valence-electron chi connectivity index (χ0n) is 15.8. The number of rotatable bonds is 3. The van der Waals surface area contributed by atoms with Gasteiger partial charge < -0.3 is 16.0 Å². The lowest BCUT2D eigenvalue weighted by Crippen LogP contribution is -2.42. The van der Waals surface area contributed by atoms with Crippen molar-refractivity contribution >= 4 is 0 Å². The summed E-state index contributed by atoms with van der Waals surface area (Å²) in [6.07, 6.45) is 3.74. The molecule has 0 saturated carbocycles. The lowest BCUT2D eigenvalue weighted by Gasteiger charge is -2.27. The summed E-state index contributed by atoms with van der Waals surface area (Å²) in [5, 5.41) is 9.84. The zero-order valence-corrected chi connectivity index (χ0v) is 15.8. The Morgan fingerprint density at radius 3 is 2.15 bits per heavy atom. The van der Waals surface area contributed by atoms with Crippen molar-refractivity contribution in [3.8, 4) is 11.1 Å². The fourth-order valence-corrected chi connectivity index (χ4v) is 3.30. The van der Waals surface area contributed by atoms with E-state index in [-0.39, 0.29) is 0 Å². The van der Waals surface area contributed by atoms with Gasteiger partial charge in [0, 0.05) is 71.3 Å². The van der Waals surface area contributed by atoms with Crippen molar-refractivity contribution in [1.29, 1.82) is 0 Å². The molecule has 0 aliphatic carbocycles. The molecule has 140 valence electrons. The molecule has 5 nitrogen and oxygen atoms in total. The Balaban J connectivity index is 0.000000278. The Hall–Kier alpha value is -1.79. The first-order valence-corrected chi connectivity index (χ1v) is 9.67. The van der Waals surface area contributed by atoms with Gasteiger partial charge in [-0.25, -0.2) is 0 Å². The Labute approximate surface area is 157 Å². The van der Waals surface area contributed by atoms with Crippen LogP contribution in [0.1, 0.15) is 11.1 Å². The van der Waals surface area contributed by atoms with E-state index in [1.54, 1.807) is 0 Å². The van der Waals surface area contributed by atoms with Gasteiger partial charge in [0.05, 0.1) is 0 Å². The molecular formula is C21H31N5. The number of hydrogen-bond donors (Lipinski definition) is 3. The van der Waals surface area contributed by atoms with Gasteiger partial charge in [-0.2, -0.15) is 0 Å². The van der Waals surface area contributed by atoms with Crippen LogP contribution < -0.4 is 16.0 Å². The largest absolute Gasteiger partial charge is 0.314 e. The van der Waals surface area contributed by atoms with Crippen molar-refractivity contribution < 1.29 is 0 Å². The number of nitrogens with zero attached hydrogens (tertiary/aromatic N) is 2. The maximum atomic E-state index is 4.19. The van der Waals surface area contributed by atoms with Crippen molar-refractivity contribution in [3.63, 3.8) is 0 Å². The predicted molar refractivity (Wildman–Crippen MR) is 108 cm³/mol. The third-order valence-electron chi connectivity index (χ3n) is 4.90. The smallest absolute Gasteiger partial charge is 0.0346 e. The number of nitrogens with one attached hydrogen (secondary N) is 3. The molecule has 1 aromatic carbocycles. The average molecular weight is 354 g/mol. The standard InChI is InChI=1S/C17H21N3.C4H10N2/c1-14-11-15(16-3-2-6-19-12-16)4-5-17(14)13-20-9-7-18-8-10-20;1-2-6-4-3-5-1/h2-6,11-12,18H,7-10,13H2,1H3;5-6H,1-4H2. The molecule has 0 spiro atoms. The second kappa shape index (κ2) is 10.4. The minimum Gasteiger partial charge on any atom is -0.314 e. The van der Waals surface area contributed by atoms with Gasteiger partial charge in [-0.3, -0.25) is 9.88 Å². The molecule has 0 amide bonds. The summed E-state index contributed by atoms with van der Waals surface area (Å²) in [5.41, 5.74) is 5.23. The summed E-state index contributed by atoms with van der Waals surface area (Å²) in [7, 11) is 0. The molecule has 0 atom stereocenters. The minimum absolute atomic E-state index is 1.06. The van der Waals surface area contributed by atoms with E-state index in [2.05, 4.69) is 57.0 Å². The maximum absolute atomic E-state index is 4.19. The number of aryl methyl sites for hydroxylation is 1. The van der Waals surface area contributed by atoms with E-state index in [0.717, 1.165) is 58.9 Å². The van der Waals surface area contributed by atoms with Gasteiger partial charge in [-0.15, -0.1) is 0 Å². The van der Waals surface area contributed by atoms with E-state index in [1.165, 1.54) is 22.3 Å². The van der Waals surface area contributed by atoms with Crippen LogP contribution in [0.4, 0.5) is 0 Å². The molecular weight excluding hydrogens is 322 g/mol. The molecule has 2 aliphatic rings. The molecule has 2 fully saturated rings.